The third-order valence-electron chi connectivity index (χ3n) is 9.59. The van der Waals surface area contributed by atoms with Crippen molar-refractivity contribution in [1.82, 2.24) is 4.90 Å². The Morgan fingerprint density at radius 1 is 1.28 bits per heavy atom. The molecule has 2 saturated heterocycles. The van der Waals surface area contributed by atoms with E-state index in [1.165, 1.54) is 20.0 Å². The molecule has 29 heavy (non-hydrogen) atoms. The largest absolute Gasteiger partial charge is 0.469 e. The second-order valence-corrected chi connectivity index (χ2v) is 11.0. The lowest BCUT2D eigenvalue weighted by molar-refractivity contribution is -0.300. The number of carbonyl (C=O) groups is 1. The Kier molecular flexibility index (Phi) is 4.52. The van der Waals surface area contributed by atoms with E-state index in [1.54, 1.807) is 11.1 Å². The number of hydrogen-bond acceptors (Lipinski definition) is 5. The van der Waals surface area contributed by atoms with Gasteiger partial charge >= 0.3 is 5.97 Å². The van der Waals surface area contributed by atoms with Crippen molar-refractivity contribution in [2.24, 2.45) is 34.5 Å². The van der Waals surface area contributed by atoms with Crippen molar-refractivity contribution in [2.45, 2.75) is 64.6 Å². The summed E-state index contributed by atoms with van der Waals surface area (Å²) in [5.41, 5.74) is 3.28. The molecule has 5 nitrogen and oxygen atoms in total. The number of nitrogens with zero attached hydrogens (tertiary/aromatic N) is 1. The van der Waals surface area contributed by atoms with Gasteiger partial charge in [0.05, 0.1) is 19.6 Å². The minimum atomic E-state index is -1.01. The van der Waals surface area contributed by atoms with E-state index < -0.39 is 5.79 Å². The quantitative estimate of drug-likeness (QED) is 0.566. The molecule has 162 valence electrons. The summed E-state index contributed by atoms with van der Waals surface area (Å²) in [6.07, 6.45) is 7.24. The predicted octanol–water partition coefficient (Wildman–Crippen LogP) is 3.37. The number of ether oxygens (including phenoxy) is 2. The molecule has 0 aromatic heterocycles. The Labute approximate surface area is 174 Å². The maximum atomic E-state index is 12.8. The minimum Gasteiger partial charge on any atom is -0.469 e. The molecule has 5 aliphatic rings. The minimum absolute atomic E-state index is 0.00513. The van der Waals surface area contributed by atoms with Crippen LogP contribution >= 0.6 is 0 Å². The number of piperidine rings is 1. The van der Waals surface area contributed by atoms with Gasteiger partial charge in [0.15, 0.2) is 5.79 Å². The lowest BCUT2D eigenvalue weighted by Crippen LogP contribution is -2.64. The number of rotatable bonds is 2. The highest BCUT2D eigenvalue weighted by Gasteiger charge is 2.69. The van der Waals surface area contributed by atoms with Crippen molar-refractivity contribution < 1.29 is 19.4 Å². The highest BCUT2D eigenvalue weighted by molar-refractivity contribution is 5.75. The number of hydrogen-bond donors (Lipinski definition) is 1. The number of allylic oxidation sites excluding steroid dienone is 1. The van der Waals surface area contributed by atoms with Crippen molar-refractivity contribution in [3.8, 4) is 0 Å². The summed E-state index contributed by atoms with van der Waals surface area (Å²) in [5, 5.41) is 11.1. The molecule has 0 radical (unpaired) electrons. The summed E-state index contributed by atoms with van der Waals surface area (Å²) < 4.78 is 11.6. The van der Waals surface area contributed by atoms with Gasteiger partial charge in [0.2, 0.25) is 0 Å². The van der Waals surface area contributed by atoms with Gasteiger partial charge in [-0.1, -0.05) is 25.0 Å². The summed E-state index contributed by atoms with van der Waals surface area (Å²) in [7, 11) is 3.78. The van der Waals surface area contributed by atoms with Gasteiger partial charge in [-0.2, -0.15) is 0 Å². The molecule has 2 aliphatic heterocycles. The summed E-state index contributed by atoms with van der Waals surface area (Å²) >= 11 is 0. The van der Waals surface area contributed by atoms with Crippen LogP contribution in [0.2, 0.25) is 0 Å². The predicted molar refractivity (Wildman–Crippen MR) is 110 cm³/mol. The average Bonchev–Trinajstić information content (AvgIpc) is 3.23. The van der Waals surface area contributed by atoms with Gasteiger partial charge in [-0.3, -0.25) is 4.79 Å². The van der Waals surface area contributed by atoms with Gasteiger partial charge in [-0.05, 0) is 57.4 Å². The fourth-order valence-corrected chi connectivity index (χ4v) is 8.17. The number of methoxy groups -OCH3 is 1. The monoisotopic (exact) mass is 403 g/mol. The van der Waals surface area contributed by atoms with Crippen LogP contribution in [0.15, 0.2) is 11.1 Å². The summed E-state index contributed by atoms with van der Waals surface area (Å²) in [5.74, 6) is -0.0553. The van der Waals surface area contributed by atoms with Gasteiger partial charge in [0.25, 0.3) is 0 Å². The topological polar surface area (TPSA) is 59.0 Å². The highest BCUT2D eigenvalue weighted by Crippen LogP contribution is 2.71. The molecule has 2 spiro atoms. The first kappa shape index (κ1) is 20.0. The third kappa shape index (κ3) is 2.53. The van der Waals surface area contributed by atoms with Crippen LogP contribution in [0.5, 0.6) is 0 Å². The second kappa shape index (κ2) is 6.54. The molecule has 5 heteroatoms. The van der Waals surface area contributed by atoms with Crippen LogP contribution in [0.3, 0.4) is 0 Å². The molecular formula is C24H37NO4. The van der Waals surface area contributed by atoms with E-state index in [0.717, 1.165) is 38.8 Å². The maximum absolute atomic E-state index is 12.8. The molecule has 5 rings (SSSR count). The summed E-state index contributed by atoms with van der Waals surface area (Å²) in [6.45, 7) is 6.83. The zero-order valence-electron chi connectivity index (χ0n) is 18.5. The highest BCUT2D eigenvalue weighted by atomic mass is 16.6. The molecule has 0 aromatic carbocycles. The smallest absolute Gasteiger partial charge is 0.309 e. The first-order chi connectivity index (χ1) is 13.8. The number of esters is 1. The van der Waals surface area contributed by atoms with Crippen LogP contribution in [0.25, 0.3) is 0 Å². The Morgan fingerprint density at radius 2 is 2.03 bits per heavy atom. The molecule has 0 amide bonds. The SMILES string of the molecule is COC(=O)C1CC23CN(C)CC(CCC4=C2C1CC4)C31CCC(O)(C(C)C)OC1. The van der Waals surface area contributed by atoms with E-state index in [-0.39, 0.29) is 28.6 Å². The van der Waals surface area contributed by atoms with E-state index >= 15 is 0 Å². The van der Waals surface area contributed by atoms with Gasteiger partial charge in [0, 0.05) is 36.3 Å². The van der Waals surface area contributed by atoms with Crippen molar-refractivity contribution in [3.63, 3.8) is 0 Å². The maximum Gasteiger partial charge on any atom is 0.309 e. The molecule has 1 saturated carbocycles. The van der Waals surface area contributed by atoms with Crippen LogP contribution in [0.4, 0.5) is 0 Å². The Bertz CT molecular complexity index is 735. The standard InChI is InChI=1S/C24H37NO4/c1-15(2)24(27)10-9-22(14-29-24)17-7-5-16-6-8-18-19(21(26)28-4)11-23(22,20(16)18)13-25(3)12-17/h15,17-19,27H,5-14H2,1-4H3. The third-order valence-corrected chi connectivity index (χ3v) is 9.59. The average molecular weight is 404 g/mol. The van der Waals surface area contributed by atoms with Crippen LogP contribution in [-0.4, -0.2) is 55.6 Å². The van der Waals surface area contributed by atoms with E-state index in [2.05, 4.69) is 25.8 Å². The van der Waals surface area contributed by atoms with Gasteiger partial charge in [0.1, 0.15) is 0 Å². The molecule has 6 atom stereocenters. The zero-order chi connectivity index (χ0) is 20.6. The molecule has 0 aromatic rings. The van der Waals surface area contributed by atoms with Crippen molar-refractivity contribution in [3.05, 3.63) is 11.1 Å². The first-order valence-corrected chi connectivity index (χ1v) is 11.6. The van der Waals surface area contributed by atoms with Crippen molar-refractivity contribution >= 4 is 5.97 Å². The molecule has 1 N–H and O–H groups in total. The van der Waals surface area contributed by atoms with E-state index in [1.807, 2.05) is 0 Å². The lowest BCUT2D eigenvalue weighted by atomic mass is 9.50. The molecule has 3 aliphatic carbocycles. The number of likely N-dealkylation sites (tertiary alicyclic amines) is 1. The van der Waals surface area contributed by atoms with Crippen molar-refractivity contribution in [2.75, 3.05) is 33.9 Å². The fraction of sp³-hybridized carbons (Fsp3) is 0.875. The zero-order valence-corrected chi connectivity index (χ0v) is 18.5. The molecule has 3 fully saturated rings. The Balaban J connectivity index is 1.62. The first-order valence-electron chi connectivity index (χ1n) is 11.6. The summed E-state index contributed by atoms with van der Waals surface area (Å²) in [6, 6.07) is 0. The molecular weight excluding hydrogens is 366 g/mol. The summed E-state index contributed by atoms with van der Waals surface area (Å²) in [4.78, 5) is 15.3. The van der Waals surface area contributed by atoms with Crippen LogP contribution < -0.4 is 0 Å². The van der Waals surface area contributed by atoms with Crippen LogP contribution in [0, 0.1) is 34.5 Å². The number of aliphatic hydroxyl groups is 1. The molecule has 2 heterocycles. The normalized spacial score (nSPS) is 46.9. The Hall–Kier alpha value is -0.910. The van der Waals surface area contributed by atoms with Gasteiger partial charge in [-0.15, -0.1) is 0 Å². The molecule has 2 bridgehead atoms. The lowest BCUT2D eigenvalue weighted by Gasteiger charge is -2.62. The van der Waals surface area contributed by atoms with E-state index in [9.17, 15) is 9.90 Å². The van der Waals surface area contributed by atoms with Crippen LogP contribution in [-0.2, 0) is 14.3 Å². The van der Waals surface area contributed by atoms with Crippen molar-refractivity contribution in [1.29, 1.82) is 0 Å². The van der Waals surface area contributed by atoms with Gasteiger partial charge in [-0.25, -0.2) is 0 Å². The fourth-order valence-electron chi connectivity index (χ4n) is 8.17. The Morgan fingerprint density at radius 3 is 2.69 bits per heavy atom. The van der Waals surface area contributed by atoms with Gasteiger partial charge < -0.3 is 19.5 Å². The second-order valence-electron chi connectivity index (χ2n) is 11.0. The van der Waals surface area contributed by atoms with E-state index in [4.69, 9.17) is 9.47 Å². The molecule has 6 unspecified atom stereocenters. The number of carbonyl (C=O) groups excluding carboxylic acids is 1. The van der Waals surface area contributed by atoms with Crippen LogP contribution in [0.1, 0.15) is 58.8 Å². The van der Waals surface area contributed by atoms with E-state index in [0.29, 0.717) is 24.9 Å².